The lowest BCUT2D eigenvalue weighted by Crippen LogP contribution is -2.38. The van der Waals surface area contributed by atoms with Crippen LogP contribution in [0.2, 0.25) is 19.6 Å². The van der Waals surface area contributed by atoms with Crippen LogP contribution in [0.5, 0.6) is 0 Å². The molecule has 0 N–H and O–H groups in total. The Balaban J connectivity index is 2.26. The maximum Gasteiger partial charge on any atom is 0.187 e. The largest absolute Gasteiger partial charge is 0.390 e. The lowest BCUT2D eigenvalue weighted by molar-refractivity contribution is -0.102. The summed E-state index contributed by atoms with van der Waals surface area (Å²) in [7, 11) is 0.160. The fraction of sp³-hybridized carbons (Fsp3) is 0.571. The van der Waals surface area contributed by atoms with E-state index >= 15 is 0 Å². The fourth-order valence-corrected chi connectivity index (χ4v) is 3.90. The average molecular weight is 250 g/mol. The first kappa shape index (κ1) is 12.8. The van der Waals surface area contributed by atoms with Crippen LogP contribution in [-0.4, -0.2) is 21.2 Å². The molecule has 0 bridgehead atoms. The van der Waals surface area contributed by atoms with Crippen molar-refractivity contribution in [1.29, 1.82) is 0 Å². The van der Waals surface area contributed by atoms with Gasteiger partial charge in [0.25, 0.3) is 0 Å². The normalized spacial score (nSPS) is 32.5. The summed E-state index contributed by atoms with van der Waals surface area (Å²) in [6.45, 7) is 8.85. The van der Waals surface area contributed by atoms with Gasteiger partial charge in [0.15, 0.2) is 14.1 Å². The van der Waals surface area contributed by atoms with E-state index < -0.39 is 14.1 Å². The van der Waals surface area contributed by atoms with E-state index in [9.17, 15) is 0 Å². The Morgan fingerprint density at radius 1 is 1.12 bits per heavy atom. The molecule has 0 saturated heterocycles. The van der Waals surface area contributed by atoms with Crippen LogP contribution in [0.15, 0.2) is 30.3 Å². The molecule has 1 fully saturated rings. The maximum absolute atomic E-state index is 6.27. The monoisotopic (exact) mass is 250 g/mol. The van der Waals surface area contributed by atoms with Crippen LogP contribution in [0, 0.1) is 0 Å². The summed E-state index contributed by atoms with van der Waals surface area (Å²) in [5.41, 5.74) is 1.31. The van der Waals surface area contributed by atoms with Crippen molar-refractivity contribution >= 4 is 8.32 Å². The smallest absolute Gasteiger partial charge is 0.187 e. The molecule has 2 nitrogen and oxygen atoms in total. The molecule has 0 aliphatic heterocycles. The second kappa shape index (κ2) is 3.94. The van der Waals surface area contributed by atoms with Gasteiger partial charge in [-0.05, 0) is 25.2 Å². The van der Waals surface area contributed by atoms with Crippen LogP contribution in [0.1, 0.15) is 18.9 Å². The minimum atomic E-state index is -1.60. The molecular formula is C14H22O2Si. The van der Waals surface area contributed by atoms with Gasteiger partial charge in [-0.3, -0.25) is 0 Å². The van der Waals surface area contributed by atoms with Crippen molar-refractivity contribution in [3.05, 3.63) is 35.9 Å². The number of hydrogen-bond donors (Lipinski definition) is 0. The zero-order valence-electron chi connectivity index (χ0n) is 11.4. The molecule has 2 atom stereocenters. The summed E-state index contributed by atoms with van der Waals surface area (Å²) in [6.07, 6.45) is 0.949. The second-order valence-corrected chi connectivity index (χ2v) is 10.5. The minimum absolute atomic E-state index is 0.00326. The third kappa shape index (κ3) is 2.19. The molecule has 1 aromatic rings. The molecule has 0 aromatic heterocycles. The zero-order valence-corrected chi connectivity index (χ0v) is 12.4. The zero-order chi connectivity index (χ0) is 12.7. The third-order valence-corrected chi connectivity index (χ3v) is 4.46. The second-order valence-electron chi connectivity index (χ2n) is 6.05. The topological polar surface area (TPSA) is 18.5 Å². The Morgan fingerprint density at radius 3 is 2.18 bits per heavy atom. The van der Waals surface area contributed by atoms with Gasteiger partial charge in [-0.2, -0.15) is 0 Å². The van der Waals surface area contributed by atoms with Gasteiger partial charge >= 0.3 is 0 Å². The minimum Gasteiger partial charge on any atom is -0.390 e. The molecule has 0 amide bonds. The van der Waals surface area contributed by atoms with Gasteiger partial charge in [0.05, 0.1) is 5.41 Å². The van der Waals surface area contributed by atoms with Crippen molar-refractivity contribution < 1.29 is 9.16 Å². The Bertz CT molecular complexity index is 398. The van der Waals surface area contributed by atoms with Crippen molar-refractivity contribution in [2.75, 3.05) is 7.11 Å². The van der Waals surface area contributed by atoms with Crippen LogP contribution in [0.25, 0.3) is 0 Å². The summed E-state index contributed by atoms with van der Waals surface area (Å²) in [6, 6.07) is 10.5. The predicted molar refractivity (Wildman–Crippen MR) is 72.6 cm³/mol. The molecule has 2 rings (SSSR count). The van der Waals surface area contributed by atoms with Gasteiger partial charge in [0.2, 0.25) is 0 Å². The van der Waals surface area contributed by atoms with Crippen molar-refractivity contribution in [2.45, 2.75) is 44.2 Å². The van der Waals surface area contributed by atoms with Gasteiger partial charge < -0.3 is 9.16 Å². The number of methoxy groups -OCH3 is 1. The van der Waals surface area contributed by atoms with Crippen molar-refractivity contribution in [3.8, 4) is 0 Å². The van der Waals surface area contributed by atoms with E-state index in [1.807, 2.05) is 6.07 Å². The number of ether oxygens (including phenoxy) is 1. The van der Waals surface area contributed by atoms with Crippen molar-refractivity contribution in [1.82, 2.24) is 0 Å². The number of hydrogen-bond acceptors (Lipinski definition) is 2. The average Bonchev–Trinajstić information content (AvgIpc) is 2.84. The fourth-order valence-electron chi connectivity index (χ4n) is 2.53. The van der Waals surface area contributed by atoms with E-state index in [0.717, 1.165) is 6.42 Å². The molecule has 0 radical (unpaired) electrons. The van der Waals surface area contributed by atoms with E-state index in [0.29, 0.717) is 0 Å². The highest BCUT2D eigenvalue weighted by Crippen LogP contribution is 2.61. The maximum atomic E-state index is 6.27. The Kier molecular flexibility index (Phi) is 2.96. The number of rotatable bonds is 4. The van der Waals surface area contributed by atoms with E-state index in [4.69, 9.17) is 9.16 Å². The van der Waals surface area contributed by atoms with Gasteiger partial charge in [-0.1, -0.05) is 37.3 Å². The van der Waals surface area contributed by atoms with Gasteiger partial charge in [-0.15, -0.1) is 0 Å². The van der Waals surface area contributed by atoms with Crippen molar-refractivity contribution in [3.63, 3.8) is 0 Å². The molecule has 1 aromatic carbocycles. The van der Waals surface area contributed by atoms with Gasteiger partial charge in [-0.25, -0.2) is 0 Å². The summed E-state index contributed by atoms with van der Waals surface area (Å²) in [5, 5.41) is 0. The Morgan fingerprint density at radius 2 is 1.71 bits per heavy atom. The highest BCUT2D eigenvalue weighted by Gasteiger charge is 2.68. The molecule has 1 aliphatic carbocycles. The predicted octanol–water partition coefficient (Wildman–Crippen LogP) is 3.54. The highest BCUT2D eigenvalue weighted by molar-refractivity contribution is 6.69. The molecular weight excluding hydrogens is 228 g/mol. The highest BCUT2D eigenvalue weighted by atomic mass is 28.4. The van der Waals surface area contributed by atoms with Crippen LogP contribution in [-0.2, 0) is 14.6 Å². The molecule has 3 heteroatoms. The molecule has 1 aliphatic rings. The summed E-state index contributed by atoms with van der Waals surface area (Å²) in [4.78, 5) is 0. The van der Waals surface area contributed by atoms with E-state index in [1.54, 1.807) is 7.11 Å². The van der Waals surface area contributed by atoms with E-state index in [2.05, 4.69) is 50.8 Å². The summed E-state index contributed by atoms with van der Waals surface area (Å²) < 4.78 is 12.0. The first-order valence-electron chi connectivity index (χ1n) is 6.14. The van der Waals surface area contributed by atoms with Crippen LogP contribution in [0.3, 0.4) is 0 Å². The number of benzene rings is 1. The molecule has 1 saturated carbocycles. The lowest BCUT2D eigenvalue weighted by Gasteiger charge is -2.29. The SMILES string of the molecule is CO[C@]1(O[Si](C)(C)C)C[C@]1(C)c1ccccc1. The quantitative estimate of drug-likeness (QED) is 0.601. The van der Waals surface area contributed by atoms with Gasteiger partial charge in [0, 0.05) is 13.5 Å². The molecule has 94 valence electrons. The molecule has 17 heavy (non-hydrogen) atoms. The van der Waals surface area contributed by atoms with Gasteiger partial charge in [0.1, 0.15) is 0 Å². The van der Waals surface area contributed by atoms with Crippen LogP contribution >= 0.6 is 0 Å². The molecule has 0 unspecified atom stereocenters. The van der Waals surface area contributed by atoms with Crippen LogP contribution < -0.4 is 0 Å². The van der Waals surface area contributed by atoms with E-state index in [1.165, 1.54) is 5.56 Å². The summed E-state index contributed by atoms with van der Waals surface area (Å²) in [5.74, 6) is -0.404. The third-order valence-electron chi connectivity index (χ3n) is 3.51. The van der Waals surface area contributed by atoms with E-state index in [-0.39, 0.29) is 5.41 Å². The molecule has 0 heterocycles. The standard InChI is InChI=1S/C14H22O2Si/c1-13(12-9-7-6-8-10-12)11-14(13,15-2)16-17(3,4)5/h6-10H,11H2,1-5H3/t13-,14+/m1/s1. The summed E-state index contributed by atoms with van der Waals surface area (Å²) >= 11 is 0. The van der Waals surface area contributed by atoms with Crippen molar-refractivity contribution in [2.24, 2.45) is 0 Å². The Labute approximate surface area is 105 Å². The lowest BCUT2D eigenvalue weighted by atomic mass is 9.97. The van der Waals surface area contributed by atoms with Crippen LogP contribution in [0.4, 0.5) is 0 Å². The first-order chi connectivity index (χ1) is 7.83. The first-order valence-corrected chi connectivity index (χ1v) is 9.55. The molecule has 0 spiro atoms. The Hall–Kier alpha value is -0.643.